The number of hydrogen-bond donors (Lipinski definition) is 1. The molecule has 0 saturated heterocycles. The lowest BCUT2D eigenvalue weighted by Crippen LogP contribution is -2.22. The predicted molar refractivity (Wildman–Crippen MR) is 92.7 cm³/mol. The Morgan fingerprint density at radius 1 is 1.12 bits per heavy atom. The molecule has 24 heavy (non-hydrogen) atoms. The maximum absolute atomic E-state index is 12.3. The first-order valence-corrected chi connectivity index (χ1v) is 7.64. The van der Waals surface area contributed by atoms with Crippen LogP contribution in [0.1, 0.15) is 11.1 Å². The summed E-state index contributed by atoms with van der Waals surface area (Å²) in [5.41, 5.74) is 3.59. The molecule has 0 spiro atoms. The zero-order valence-electron chi connectivity index (χ0n) is 13.7. The molecule has 1 aromatic heterocycles. The maximum atomic E-state index is 12.3. The third kappa shape index (κ3) is 2.11. The van der Waals surface area contributed by atoms with E-state index in [2.05, 4.69) is 10.3 Å². The Hall–Kier alpha value is -3.02. The first kappa shape index (κ1) is 14.6. The van der Waals surface area contributed by atoms with E-state index in [1.54, 1.807) is 14.2 Å². The molecular formula is C18H17N3O3. The van der Waals surface area contributed by atoms with Crippen molar-refractivity contribution in [1.82, 2.24) is 9.55 Å². The van der Waals surface area contributed by atoms with Gasteiger partial charge in [0.25, 0.3) is 5.56 Å². The van der Waals surface area contributed by atoms with Gasteiger partial charge in [-0.25, -0.2) is 0 Å². The molecule has 6 nitrogen and oxygen atoms in total. The summed E-state index contributed by atoms with van der Waals surface area (Å²) in [6.45, 7) is 2.57. The summed E-state index contributed by atoms with van der Waals surface area (Å²) in [5, 5.41) is 3.86. The van der Waals surface area contributed by atoms with Crippen LogP contribution in [-0.2, 0) is 6.54 Å². The summed E-state index contributed by atoms with van der Waals surface area (Å²) in [4.78, 5) is 16.5. The van der Waals surface area contributed by atoms with Crippen LogP contribution in [0.15, 0.2) is 35.1 Å². The van der Waals surface area contributed by atoms with Crippen LogP contribution in [-0.4, -0.2) is 23.8 Å². The van der Waals surface area contributed by atoms with Gasteiger partial charge in [0.1, 0.15) is 0 Å². The largest absolute Gasteiger partial charge is 0.493 e. The van der Waals surface area contributed by atoms with Gasteiger partial charge < -0.3 is 19.4 Å². The predicted octanol–water partition coefficient (Wildman–Crippen LogP) is 2.83. The fourth-order valence-electron chi connectivity index (χ4n) is 3.10. The second-order valence-electron chi connectivity index (χ2n) is 5.84. The van der Waals surface area contributed by atoms with Crippen LogP contribution in [0.25, 0.3) is 10.9 Å². The molecule has 122 valence electrons. The fraction of sp³-hybridized carbons (Fsp3) is 0.222. The van der Waals surface area contributed by atoms with Crippen molar-refractivity contribution < 1.29 is 9.47 Å². The molecule has 0 saturated carbocycles. The Kier molecular flexibility index (Phi) is 3.19. The number of ether oxygens (including phenoxy) is 2. The SMILES string of the molecule is COc1cc2c(cc1OC)Nc1nc(=O)c3cc(C)ccc3n1C2. The second kappa shape index (κ2) is 5.26. The summed E-state index contributed by atoms with van der Waals surface area (Å²) in [6, 6.07) is 9.65. The van der Waals surface area contributed by atoms with Crippen LogP contribution >= 0.6 is 0 Å². The summed E-state index contributed by atoms with van der Waals surface area (Å²) >= 11 is 0. The Balaban J connectivity index is 1.93. The van der Waals surface area contributed by atoms with E-state index in [0.717, 1.165) is 22.3 Å². The number of nitrogens with zero attached hydrogens (tertiary/aromatic N) is 2. The molecule has 0 unspecified atom stereocenters. The van der Waals surface area contributed by atoms with Gasteiger partial charge >= 0.3 is 0 Å². The number of hydrogen-bond acceptors (Lipinski definition) is 5. The number of nitrogens with one attached hydrogen (secondary N) is 1. The molecule has 1 aliphatic heterocycles. The molecule has 0 radical (unpaired) electrons. The lowest BCUT2D eigenvalue weighted by Gasteiger charge is -2.25. The highest BCUT2D eigenvalue weighted by atomic mass is 16.5. The Morgan fingerprint density at radius 3 is 2.62 bits per heavy atom. The molecule has 0 bridgehead atoms. The van der Waals surface area contributed by atoms with Crippen molar-refractivity contribution in [3.05, 3.63) is 51.8 Å². The van der Waals surface area contributed by atoms with Crippen molar-refractivity contribution in [3.8, 4) is 11.5 Å². The molecule has 2 aromatic carbocycles. The third-order valence-electron chi connectivity index (χ3n) is 4.32. The zero-order valence-corrected chi connectivity index (χ0v) is 13.7. The minimum atomic E-state index is -0.226. The number of rotatable bonds is 2. The standard InChI is InChI=1S/C18H17N3O3/c1-10-4-5-14-12(6-10)17(22)20-18-19-13-8-16(24-3)15(23-2)7-11(13)9-21(14)18/h4-8H,9H2,1-3H3,(H,19,20,22). The number of anilines is 2. The summed E-state index contributed by atoms with van der Waals surface area (Å²) < 4.78 is 12.7. The lowest BCUT2D eigenvalue weighted by molar-refractivity contribution is 0.354. The van der Waals surface area contributed by atoms with E-state index in [-0.39, 0.29) is 5.56 Å². The lowest BCUT2D eigenvalue weighted by atomic mass is 10.1. The maximum Gasteiger partial charge on any atom is 0.282 e. The molecule has 0 fully saturated rings. The van der Waals surface area contributed by atoms with Gasteiger partial charge in [-0.15, -0.1) is 0 Å². The Bertz CT molecular complexity index is 1020. The average molecular weight is 323 g/mol. The van der Waals surface area contributed by atoms with Crippen LogP contribution in [0.5, 0.6) is 11.5 Å². The first-order chi connectivity index (χ1) is 11.6. The van der Waals surface area contributed by atoms with Gasteiger partial charge in [-0.3, -0.25) is 4.79 Å². The quantitative estimate of drug-likeness (QED) is 0.614. The molecule has 6 heteroatoms. The van der Waals surface area contributed by atoms with E-state index >= 15 is 0 Å². The van der Waals surface area contributed by atoms with E-state index < -0.39 is 0 Å². The minimum absolute atomic E-state index is 0.226. The molecule has 3 aromatic rings. The van der Waals surface area contributed by atoms with Gasteiger partial charge in [0, 0.05) is 11.8 Å². The van der Waals surface area contributed by atoms with E-state index in [1.165, 1.54) is 0 Å². The summed E-state index contributed by atoms with van der Waals surface area (Å²) in [5.74, 6) is 1.85. The van der Waals surface area contributed by atoms with Gasteiger partial charge in [-0.1, -0.05) is 11.6 Å². The van der Waals surface area contributed by atoms with Crippen molar-refractivity contribution >= 4 is 22.5 Å². The monoisotopic (exact) mass is 323 g/mol. The van der Waals surface area contributed by atoms with Crippen molar-refractivity contribution in [2.45, 2.75) is 13.5 Å². The van der Waals surface area contributed by atoms with Crippen LogP contribution in [0.2, 0.25) is 0 Å². The van der Waals surface area contributed by atoms with Crippen LogP contribution in [0.4, 0.5) is 11.6 Å². The number of benzene rings is 2. The number of fused-ring (bicyclic) bond motifs is 4. The van der Waals surface area contributed by atoms with Crippen LogP contribution in [0.3, 0.4) is 0 Å². The Labute approximate surface area is 138 Å². The average Bonchev–Trinajstić information content (AvgIpc) is 2.59. The molecule has 2 heterocycles. The van der Waals surface area contributed by atoms with Crippen molar-refractivity contribution in [2.75, 3.05) is 19.5 Å². The van der Waals surface area contributed by atoms with Gasteiger partial charge in [0.2, 0.25) is 5.95 Å². The van der Waals surface area contributed by atoms with E-state index in [0.29, 0.717) is 29.4 Å². The smallest absolute Gasteiger partial charge is 0.282 e. The molecule has 0 amide bonds. The van der Waals surface area contributed by atoms with Crippen molar-refractivity contribution in [2.24, 2.45) is 0 Å². The minimum Gasteiger partial charge on any atom is -0.493 e. The topological polar surface area (TPSA) is 65.4 Å². The highest BCUT2D eigenvalue weighted by molar-refractivity contribution is 5.82. The highest BCUT2D eigenvalue weighted by Gasteiger charge is 2.21. The second-order valence-corrected chi connectivity index (χ2v) is 5.84. The molecule has 1 N–H and O–H groups in total. The molecule has 0 atom stereocenters. The Morgan fingerprint density at radius 2 is 1.88 bits per heavy atom. The van der Waals surface area contributed by atoms with Gasteiger partial charge in [0.05, 0.1) is 31.7 Å². The fourth-order valence-corrected chi connectivity index (χ4v) is 3.10. The zero-order chi connectivity index (χ0) is 16.8. The van der Waals surface area contributed by atoms with Gasteiger partial charge in [-0.05, 0) is 30.7 Å². The van der Waals surface area contributed by atoms with E-state index in [4.69, 9.17) is 9.47 Å². The first-order valence-electron chi connectivity index (χ1n) is 7.64. The summed E-state index contributed by atoms with van der Waals surface area (Å²) in [6.07, 6.45) is 0. The number of aromatic nitrogens is 2. The molecule has 0 aliphatic carbocycles. The third-order valence-corrected chi connectivity index (χ3v) is 4.32. The van der Waals surface area contributed by atoms with E-state index in [1.807, 2.05) is 41.8 Å². The molecule has 4 rings (SSSR count). The van der Waals surface area contributed by atoms with Crippen LogP contribution < -0.4 is 20.3 Å². The van der Waals surface area contributed by atoms with Gasteiger partial charge in [-0.2, -0.15) is 4.98 Å². The van der Waals surface area contributed by atoms with Gasteiger partial charge in [0.15, 0.2) is 11.5 Å². The highest BCUT2D eigenvalue weighted by Crippen LogP contribution is 2.37. The van der Waals surface area contributed by atoms with E-state index in [9.17, 15) is 4.79 Å². The summed E-state index contributed by atoms with van der Waals surface area (Å²) in [7, 11) is 3.21. The van der Waals surface area contributed by atoms with Crippen molar-refractivity contribution in [1.29, 1.82) is 0 Å². The number of aryl methyl sites for hydroxylation is 1. The normalized spacial score (nSPS) is 12.3. The molecule has 1 aliphatic rings. The number of methoxy groups -OCH3 is 2. The van der Waals surface area contributed by atoms with Crippen molar-refractivity contribution in [3.63, 3.8) is 0 Å². The van der Waals surface area contributed by atoms with Crippen LogP contribution in [0, 0.1) is 6.92 Å². The molecular weight excluding hydrogens is 306 g/mol.